The standard InChI is InChI=1S/C19H22N8O/c1-2-3-10-27-17(24-25-19(27)26-9-5-7-15(21)13-26)18(28)23-12-16-14(11-20)6-4-8-22-16/h4,6,8,15H,5,7,9-10,12-13,21H2,1H3,(H,23,28). The van der Waals surface area contributed by atoms with E-state index in [0.717, 1.165) is 19.4 Å². The van der Waals surface area contributed by atoms with E-state index in [9.17, 15) is 4.79 Å². The first-order valence-corrected chi connectivity index (χ1v) is 9.09. The number of hydrogen-bond donors (Lipinski definition) is 2. The zero-order valence-electron chi connectivity index (χ0n) is 15.7. The molecular weight excluding hydrogens is 356 g/mol. The third-order valence-corrected chi connectivity index (χ3v) is 4.52. The van der Waals surface area contributed by atoms with E-state index in [1.165, 1.54) is 0 Å². The summed E-state index contributed by atoms with van der Waals surface area (Å²) in [5.41, 5.74) is 7.00. The van der Waals surface area contributed by atoms with Crippen molar-refractivity contribution in [1.29, 1.82) is 5.26 Å². The summed E-state index contributed by atoms with van der Waals surface area (Å²) in [6.07, 6.45) is 3.52. The van der Waals surface area contributed by atoms with Crippen molar-refractivity contribution < 1.29 is 4.79 Å². The molecule has 0 radical (unpaired) electrons. The highest BCUT2D eigenvalue weighted by atomic mass is 16.2. The highest BCUT2D eigenvalue weighted by Gasteiger charge is 2.25. The molecule has 144 valence electrons. The van der Waals surface area contributed by atoms with Crippen molar-refractivity contribution in [3.8, 4) is 17.9 Å². The zero-order chi connectivity index (χ0) is 19.9. The number of nitriles is 1. The van der Waals surface area contributed by atoms with Gasteiger partial charge in [0.2, 0.25) is 11.8 Å². The number of rotatable bonds is 5. The van der Waals surface area contributed by atoms with Gasteiger partial charge in [-0.1, -0.05) is 5.92 Å². The van der Waals surface area contributed by atoms with E-state index in [-0.39, 0.29) is 18.4 Å². The van der Waals surface area contributed by atoms with Crippen molar-refractivity contribution in [2.45, 2.75) is 38.9 Å². The molecule has 1 fully saturated rings. The lowest BCUT2D eigenvalue weighted by Crippen LogP contribution is -2.44. The number of nitrogens with two attached hydrogens (primary N) is 1. The van der Waals surface area contributed by atoms with E-state index in [1.807, 2.05) is 4.90 Å². The molecule has 1 unspecified atom stereocenters. The first-order valence-electron chi connectivity index (χ1n) is 9.09. The molecule has 1 atom stereocenters. The molecule has 3 heterocycles. The van der Waals surface area contributed by atoms with Crippen LogP contribution in [0.25, 0.3) is 0 Å². The van der Waals surface area contributed by atoms with E-state index < -0.39 is 5.91 Å². The molecule has 3 N–H and O–H groups in total. The quantitative estimate of drug-likeness (QED) is 0.722. The second kappa shape index (κ2) is 8.98. The van der Waals surface area contributed by atoms with Gasteiger partial charge in [0, 0.05) is 25.3 Å². The Hall–Kier alpha value is -3.43. The molecular formula is C19H22N8O. The summed E-state index contributed by atoms with van der Waals surface area (Å²) in [7, 11) is 0. The summed E-state index contributed by atoms with van der Waals surface area (Å²) in [5.74, 6) is 6.18. The Balaban J connectivity index is 1.81. The van der Waals surface area contributed by atoms with Crippen LogP contribution >= 0.6 is 0 Å². The van der Waals surface area contributed by atoms with Gasteiger partial charge < -0.3 is 16.0 Å². The molecule has 0 bridgehead atoms. The van der Waals surface area contributed by atoms with Gasteiger partial charge >= 0.3 is 0 Å². The fourth-order valence-electron chi connectivity index (χ4n) is 3.12. The predicted molar refractivity (Wildman–Crippen MR) is 103 cm³/mol. The average molecular weight is 378 g/mol. The Bertz CT molecular complexity index is 949. The van der Waals surface area contributed by atoms with Crippen LogP contribution in [0.5, 0.6) is 0 Å². The summed E-state index contributed by atoms with van der Waals surface area (Å²) in [4.78, 5) is 18.9. The van der Waals surface area contributed by atoms with E-state index in [0.29, 0.717) is 30.3 Å². The van der Waals surface area contributed by atoms with Crippen LogP contribution in [-0.4, -0.2) is 44.8 Å². The van der Waals surface area contributed by atoms with Crippen LogP contribution in [0.2, 0.25) is 0 Å². The number of piperidine rings is 1. The number of amides is 1. The molecule has 3 rings (SSSR count). The van der Waals surface area contributed by atoms with Gasteiger partial charge in [0.05, 0.1) is 24.3 Å². The Labute approximate surface area is 163 Å². The second-order valence-electron chi connectivity index (χ2n) is 6.48. The van der Waals surface area contributed by atoms with Gasteiger partial charge in [-0.2, -0.15) is 5.26 Å². The number of nitrogens with zero attached hydrogens (tertiary/aromatic N) is 6. The smallest absolute Gasteiger partial charge is 0.289 e. The molecule has 1 saturated heterocycles. The zero-order valence-corrected chi connectivity index (χ0v) is 15.7. The van der Waals surface area contributed by atoms with Crippen LogP contribution in [0.15, 0.2) is 18.3 Å². The third-order valence-electron chi connectivity index (χ3n) is 4.52. The molecule has 0 aromatic carbocycles. The molecule has 9 heteroatoms. The van der Waals surface area contributed by atoms with Gasteiger partial charge in [-0.15, -0.1) is 16.1 Å². The van der Waals surface area contributed by atoms with Crippen molar-refractivity contribution in [2.24, 2.45) is 5.73 Å². The van der Waals surface area contributed by atoms with Crippen LogP contribution in [0.1, 0.15) is 41.6 Å². The lowest BCUT2D eigenvalue weighted by Gasteiger charge is -2.31. The number of aromatic nitrogens is 4. The fourth-order valence-corrected chi connectivity index (χ4v) is 3.12. The maximum Gasteiger partial charge on any atom is 0.289 e. The van der Waals surface area contributed by atoms with Crippen molar-refractivity contribution in [3.05, 3.63) is 35.4 Å². The lowest BCUT2D eigenvalue weighted by atomic mass is 10.1. The van der Waals surface area contributed by atoms with Gasteiger partial charge in [0.15, 0.2) is 0 Å². The highest BCUT2D eigenvalue weighted by molar-refractivity contribution is 5.91. The average Bonchev–Trinajstić information content (AvgIpc) is 3.14. The van der Waals surface area contributed by atoms with E-state index in [2.05, 4.69) is 38.4 Å². The lowest BCUT2D eigenvalue weighted by molar-refractivity contribution is 0.0936. The molecule has 0 saturated carbocycles. The van der Waals surface area contributed by atoms with Gasteiger partial charge in [0.25, 0.3) is 5.91 Å². The number of carbonyl (C=O) groups excluding carboxylic acids is 1. The number of anilines is 1. The molecule has 2 aromatic heterocycles. The number of hydrogen-bond acceptors (Lipinski definition) is 7. The third kappa shape index (κ3) is 4.27. The van der Waals surface area contributed by atoms with Crippen molar-refractivity contribution in [2.75, 3.05) is 18.0 Å². The minimum atomic E-state index is -0.396. The Morgan fingerprint density at radius 1 is 1.46 bits per heavy atom. The Kier molecular flexibility index (Phi) is 6.20. The van der Waals surface area contributed by atoms with Gasteiger partial charge in [-0.25, -0.2) is 0 Å². The highest BCUT2D eigenvalue weighted by Crippen LogP contribution is 2.19. The van der Waals surface area contributed by atoms with Crippen LogP contribution in [0, 0.1) is 23.2 Å². The largest absolute Gasteiger partial charge is 0.344 e. The van der Waals surface area contributed by atoms with Crippen LogP contribution < -0.4 is 16.0 Å². The maximum absolute atomic E-state index is 12.7. The van der Waals surface area contributed by atoms with Crippen molar-refractivity contribution >= 4 is 11.9 Å². The predicted octanol–water partition coefficient (Wildman–Crippen LogP) is 0.426. The summed E-state index contributed by atoms with van der Waals surface area (Å²) < 4.78 is 1.70. The normalized spacial score (nSPS) is 16.0. The topological polar surface area (TPSA) is 126 Å². The van der Waals surface area contributed by atoms with Crippen LogP contribution in [0.3, 0.4) is 0 Å². The number of pyridine rings is 1. The molecule has 28 heavy (non-hydrogen) atoms. The Morgan fingerprint density at radius 3 is 3.07 bits per heavy atom. The first-order chi connectivity index (χ1) is 13.6. The maximum atomic E-state index is 12.7. The molecule has 1 aliphatic rings. The van der Waals surface area contributed by atoms with Crippen LogP contribution in [0.4, 0.5) is 5.95 Å². The number of carbonyl (C=O) groups is 1. The van der Waals surface area contributed by atoms with E-state index in [1.54, 1.807) is 29.8 Å². The van der Waals surface area contributed by atoms with Crippen LogP contribution in [-0.2, 0) is 13.1 Å². The van der Waals surface area contributed by atoms with Gasteiger partial charge in [0.1, 0.15) is 6.07 Å². The second-order valence-corrected chi connectivity index (χ2v) is 6.48. The minimum absolute atomic E-state index is 0.0713. The fraction of sp³-hybridized carbons (Fsp3) is 0.421. The van der Waals surface area contributed by atoms with E-state index >= 15 is 0 Å². The summed E-state index contributed by atoms with van der Waals surface area (Å²) in [6.45, 7) is 3.65. The molecule has 0 spiro atoms. The summed E-state index contributed by atoms with van der Waals surface area (Å²) >= 11 is 0. The molecule has 2 aromatic rings. The number of nitrogens with one attached hydrogen (secondary N) is 1. The molecule has 1 amide bonds. The van der Waals surface area contributed by atoms with Gasteiger partial charge in [-0.05, 0) is 31.9 Å². The Morgan fingerprint density at radius 2 is 2.32 bits per heavy atom. The monoisotopic (exact) mass is 378 g/mol. The first kappa shape index (κ1) is 19.3. The minimum Gasteiger partial charge on any atom is -0.344 e. The van der Waals surface area contributed by atoms with Gasteiger partial charge in [-0.3, -0.25) is 14.3 Å². The summed E-state index contributed by atoms with van der Waals surface area (Å²) in [6, 6.07) is 5.48. The SMILES string of the molecule is CC#CCn1c(C(=O)NCc2ncccc2C#N)nnc1N1CCCC(N)C1. The van der Waals surface area contributed by atoms with E-state index in [4.69, 9.17) is 11.0 Å². The summed E-state index contributed by atoms with van der Waals surface area (Å²) in [5, 5.41) is 20.2. The van der Waals surface area contributed by atoms with Crippen molar-refractivity contribution in [1.82, 2.24) is 25.1 Å². The van der Waals surface area contributed by atoms with Crippen molar-refractivity contribution in [3.63, 3.8) is 0 Å². The molecule has 0 aliphatic carbocycles. The molecule has 9 nitrogen and oxygen atoms in total. The molecule has 1 aliphatic heterocycles.